The number of hydrogen-bond acceptors (Lipinski definition) is 4. The van der Waals surface area contributed by atoms with E-state index in [9.17, 15) is 9.90 Å². The van der Waals surface area contributed by atoms with Crippen LogP contribution in [0.3, 0.4) is 0 Å². The van der Waals surface area contributed by atoms with Gasteiger partial charge in [-0.1, -0.05) is 30.3 Å². The van der Waals surface area contributed by atoms with Gasteiger partial charge in [0, 0.05) is 5.56 Å². The first-order chi connectivity index (χ1) is 10.2. The zero-order valence-corrected chi connectivity index (χ0v) is 11.2. The van der Waals surface area contributed by atoms with Crippen molar-refractivity contribution in [2.24, 2.45) is 5.10 Å². The summed E-state index contributed by atoms with van der Waals surface area (Å²) in [7, 11) is 0. The first-order valence-electron chi connectivity index (χ1n) is 6.28. The predicted molar refractivity (Wildman–Crippen MR) is 78.7 cm³/mol. The second kappa shape index (κ2) is 6.87. The van der Waals surface area contributed by atoms with Crippen molar-refractivity contribution in [3.05, 3.63) is 65.2 Å². The Bertz CT molecular complexity index is 717. The second-order valence-corrected chi connectivity index (χ2v) is 4.34. The zero-order chi connectivity index (χ0) is 15.1. The Kier molecular flexibility index (Phi) is 4.67. The van der Waals surface area contributed by atoms with E-state index in [4.69, 9.17) is 5.26 Å². The van der Waals surface area contributed by atoms with E-state index in [1.807, 2.05) is 6.07 Å². The molecule has 0 radical (unpaired) electrons. The summed E-state index contributed by atoms with van der Waals surface area (Å²) in [6, 6.07) is 15.5. The molecule has 0 bridgehead atoms. The fourth-order valence-electron chi connectivity index (χ4n) is 1.78. The highest BCUT2D eigenvalue weighted by atomic mass is 16.3. The maximum atomic E-state index is 11.7. The minimum Gasteiger partial charge on any atom is -0.508 e. The third-order valence-electron chi connectivity index (χ3n) is 2.75. The van der Waals surface area contributed by atoms with Gasteiger partial charge in [-0.05, 0) is 23.8 Å². The topological polar surface area (TPSA) is 85.5 Å². The SMILES string of the molecule is N#Cc1ccccc1/C=N/NC(=O)Cc1cccc(O)c1. The van der Waals surface area contributed by atoms with Crippen molar-refractivity contribution in [3.63, 3.8) is 0 Å². The predicted octanol–water partition coefficient (Wildman–Crippen LogP) is 1.96. The molecule has 0 aliphatic heterocycles. The number of rotatable bonds is 4. The molecule has 0 fully saturated rings. The Hall–Kier alpha value is -3.13. The van der Waals surface area contributed by atoms with Crippen LogP contribution in [0, 0.1) is 11.3 Å². The monoisotopic (exact) mass is 279 g/mol. The third-order valence-corrected chi connectivity index (χ3v) is 2.75. The average molecular weight is 279 g/mol. The number of nitrogens with one attached hydrogen (secondary N) is 1. The number of nitriles is 1. The van der Waals surface area contributed by atoms with Gasteiger partial charge in [0.05, 0.1) is 24.3 Å². The van der Waals surface area contributed by atoms with Gasteiger partial charge >= 0.3 is 0 Å². The molecular weight excluding hydrogens is 266 g/mol. The first kappa shape index (κ1) is 14.3. The zero-order valence-electron chi connectivity index (χ0n) is 11.2. The highest BCUT2D eigenvalue weighted by molar-refractivity contribution is 5.85. The van der Waals surface area contributed by atoms with Crippen LogP contribution in [0.5, 0.6) is 5.75 Å². The maximum Gasteiger partial charge on any atom is 0.244 e. The van der Waals surface area contributed by atoms with Gasteiger partial charge in [0.2, 0.25) is 5.91 Å². The third kappa shape index (κ3) is 4.18. The summed E-state index contributed by atoms with van der Waals surface area (Å²) < 4.78 is 0. The molecule has 0 aliphatic carbocycles. The number of phenolic OH excluding ortho intramolecular Hbond substituents is 1. The van der Waals surface area contributed by atoms with E-state index < -0.39 is 0 Å². The molecule has 21 heavy (non-hydrogen) atoms. The van der Waals surface area contributed by atoms with Crippen molar-refractivity contribution in [2.45, 2.75) is 6.42 Å². The molecule has 2 aromatic rings. The van der Waals surface area contributed by atoms with E-state index in [-0.39, 0.29) is 18.1 Å². The number of amides is 1. The van der Waals surface area contributed by atoms with Gasteiger partial charge in [0.1, 0.15) is 5.75 Å². The molecular formula is C16H13N3O2. The van der Waals surface area contributed by atoms with Crippen LogP contribution in [-0.2, 0) is 11.2 Å². The molecule has 0 atom stereocenters. The molecule has 0 unspecified atom stereocenters. The van der Waals surface area contributed by atoms with E-state index in [1.165, 1.54) is 12.3 Å². The Labute approximate surface area is 122 Å². The number of nitrogens with zero attached hydrogens (tertiary/aromatic N) is 2. The molecule has 0 aliphatic rings. The van der Waals surface area contributed by atoms with E-state index in [0.717, 1.165) is 0 Å². The largest absolute Gasteiger partial charge is 0.508 e. The Morgan fingerprint density at radius 1 is 1.29 bits per heavy atom. The van der Waals surface area contributed by atoms with Gasteiger partial charge in [-0.25, -0.2) is 5.43 Å². The van der Waals surface area contributed by atoms with Crippen LogP contribution in [0.2, 0.25) is 0 Å². The summed E-state index contributed by atoms with van der Waals surface area (Å²) in [4.78, 5) is 11.7. The van der Waals surface area contributed by atoms with E-state index in [2.05, 4.69) is 10.5 Å². The molecule has 0 spiro atoms. The Balaban J connectivity index is 1.95. The summed E-state index contributed by atoms with van der Waals surface area (Å²) in [6.45, 7) is 0. The van der Waals surface area contributed by atoms with E-state index in [1.54, 1.807) is 42.5 Å². The average Bonchev–Trinajstić information content (AvgIpc) is 2.47. The van der Waals surface area contributed by atoms with Crippen molar-refractivity contribution in [1.82, 2.24) is 5.43 Å². The maximum absolute atomic E-state index is 11.7. The Morgan fingerprint density at radius 3 is 2.86 bits per heavy atom. The van der Waals surface area contributed by atoms with E-state index in [0.29, 0.717) is 16.7 Å². The lowest BCUT2D eigenvalue weighted by Gasteiger charge is -2.01. The quantitative estimate of drug-likeness (QED) is 0.662. The minimum absolute atomic E-state index is 0.117. The molecule has 0 heterocycles. The highest BCUT2D eigenvalue weighted by Crippen LogP contribution is 2.11. The van der Waals surface area contributed by atoms with Crippen LogP contribution in [-0.4, -0.2) is 17.2 Å². The van der Waals surface area contributed by atoms with Crippen LogP contribution >= 0.6 is 0 Å². The number of hydrogen-bond donors (Lipinski definition) is 2. The van der Waals surface area contributed by atoms with E-state index >= 15 is 0 Å². The van der Waals surface area contributed by atoms with Crippen LogP contribution < -0.4 is 5.43 Å². The molecule has 0 aromatic heterocycles. The number of phenols is 1. The van der Waals surface area contributed by atoms with Gasteiger partial charge in [-0.15, -0.1) is 0 Å². The van der Waals surface area contributed by atoms with Crippen molar-refractivity contribution in [2.75, 3.05) is 0 Å². The van der Waals surface area contributed by atoms with Crippen molar-refractivity contribution in [1.29, 1.82) is 5.26 Å². The summed E-state index contributed by atoms with van der Waals surface area (Å²) in [5, 5.41) is 22.1. The van der Waals surface area contributed by atoms with Crippen LogP contribution in [0.15, 0.2) is 53.6 Å². The van der Waals surface area contributed by atoms with Gasteiger partial charge in [-0.2, -0.15) is 10.4 Å². The first-order valence-corrected chi connectivity index (χ1v) is 6.28. The van der Waals surface area contributed by atoms with Gasteiger partial charge < -0.3 is 5.11 Å². The minimum atomic E-state index is -0.300. The standard InChI is InChI=1S/C16H13N3O2/c17-10-13-5-1-2-6-14(13)11-18-19-16(21)9-12-4-3-7-15(20)8-12/h1-8,11,20H,9H2,(H,19,21)/b18-11+. The van der Waals surface area contributed by atoms with Crippen LogP contribution in [0.25, 0.3) is 0 Å². The van der Waals surface area contributed by atoms with Gasteiger partial charge in [0.25, 0.3) is 0 Å². The molecule has 5 nitrogen and oxygen atoms in total. The lowest BCUT2D eigenvalue weighted by Crippen LogP contribution is -2.19. The van der Waals surface area contributed by atoms with Crippen molar-refractivity contribution < 1.29 is 9.90 Å². The molecule has 2 N–H and O–H groups in total. The summed E-state index contributed by atoms with van der Waals surface area (Å²) in [6.07, 6.45) is 1.55. The summed E-state index contributed by atoms with van der Waals surface area (Å²) >= 11 is 0. The normalized spacial score (nSPS) is 10.2. The highest BCUT2D eigenvalue weighted by Gasteiger charge is 2.03. The lowest BCUT2D eigenvalue weighted by atomic mass is 10.1. The molecule has 0 saturated carbocycles. The number of carbonyl (C=O) groups excluding carboxylic acids is 1. The molecule has 1 amide bonds. The molecule has 104 valence electrons. The second-order valence-electron chi connectivity index (χ2n) is 4.34. The number of hydrazone groups is 1. The lowest BCUT2D eigenvalue weighted by molar-refractivity contribution is -0.120. The summed E-state index contributed by atoms with van der Waals surface area (Å²) in [5.41, 5.74) is 4.21. The van der Waals surface area contributed by atoms with Gasteiger partial charge in [0.15, 0.2) is 0 Å². The van der Waals surface area contributed by atoms with Gasteiger partial charge in [-0.3, -0.25) is 4.79 Å². The summed E-state index contributed by atoms with van der Waals surface area (Å²) in [5.74, 6) is -0.182. The fourth-order valence-corrected chi connectivity index (χ4v) is 1.78. The van der Waals surface area contributed by atoms with Crippen molar-refractivity contribution in [3.8, 4) is 11.8 Å². The molecule has 2 aromatic carbocycles. The number of benzene rings is 2. The smallest absolute Gasteiger partial charge is 0.244 e. The van der Waals surface area contributed by atoms with Crippen LogP contribution in [0.4, 0.5) is 0 Å². The number of carbonyl (C=O) groups is 1. The number of aromatic hydroxyl groups is 1. The molecule has 2 rings (SSSR count). The van der Waals surface area contributed by atoms with Crippen molar-refractivity contribution >= 4 is 12.1 Å². The molecule has 5 heteroatoms. The fraction of sp³-hybridized carbons (Fsp3) is 0.0625. The molecule has 0 saturated heterocycles. The van der Waals surface area contributed by atoms with Crippen LogP contribution in [0.1, 0.15) is 16.7 Å². The Morgan fingerprint density at radius 2 is 2.10 bits per heavy atom.